The highest BCUT2D eigenvalue weighted by atomic mass is 35.5. The van der Waals surface area contributed by atoms with E-state index in [1.807, 2.05) is 6.08 Å². The Morgan fingerprint density at radius 2 is 1.25 bits per heavy atom. The number of hydrogen-bond acceptors (Lipinski definition) is 0. The van der Waals surface area contributed by atoms with Crippen molar-refractivity contribution in [1.29, 1.82) is 0 Å². The first-order valence-corrected chi connectivity index (χ1v) is 12.3. The molecule has 0 bridgehead atoms. The second-order valence-corrected chi connectivity index (χ2v) is 11.5. The molecule has 0 aliphatic heterocycles. The molecule has 0 atom stereocenters. The first kappa shape index (κ1) is 23.7. The van der Waals surface area contributed by atoms with Crippen LogP contribution in [0.2, 0.25) is 0 Å². The van der Waals surface area contributed by atoms with Gasteiger partial charge in [0.15, 0.2) is 0 Å². The zero-order valence-corrected chi connectivity index (χ0v) is 17.8. The van der Waals surface area contributed by atoms with E-state index in [9.17, 15) is 0 Å². The van der Waals surface area contributed by atoms with E-state index in [1.54, 1.807) is 0 Å². The fraction of sp³-hybridized carbons (Fsp3) is 0.636. The zero-order valence-electron chi connectivity index (χ0n) is 16.2. The van der Waals surface area contributed by atoms with Gasteiger partial charge >= 0.3 is 0 Å². The van der Waals surface area contributed by atoms with Crippen LogP contribution in [0, 0.1) is 0 Å². The highest BCUT2D eigenvalue weighted by Crippen LogP contribution is 2.61. The monoisotopic (exact) mass is 368 g/mol. The molecule has 138 valence electrons. The van der Waals surface area contributed by atoms with E-state index in [1.165, 1.54) is 80.7 Å². The maximum absolute atomic E-state index is 3.85. The SMILES string of the molecule is C=Cc1ccc(CC[P+](CCCC)(CCCC)CCCC)cc1.[Cl-]. The van der Waals surface area contributed by atoms with Crippen molar-refractivity contribution in [3.8, 4) is 0 Å². The molecule has 0 aliphatic rings. The Morgan fingerprint density at radius 1 is 0.792 bits per heavy atom. The third-order valence-electron chi connectivity index (χ3n) is 5.05. The van der Waals surface area contributed by atoms with Crippen LogP contribution in [0.15, 0.2) is 30.8 Å². The molecule has 0 heterocycles. The van der Waals surface area contributed by atoms with E-state index in [-0.39, 0.29) is 12.4 Å². The summed E-state index contributed by atoms with van der Waals surface area (Å²) in [6.45, 7) is 10.9. The van der Waals surface area contributed by atoms with E-state index in [0.717, 1.165) is 0 Å². The predicted octanol–water partition coefficient (Wildman–Crippen LogP) is 4.29. The van der Waals surface area contributed by atoms with Gasteiger partial charge < -0.3 is 12.4 Å². The van der Waals surface area contributed by atoms with Gasteiger partial charge in [0.2, 0.25) is 0 Å². The lowest BCUT2D eigenvalue weighted by molar-refractivity contribution is -0.00000505. The van der Waals surface area contributed by atoms with Gasteiger partial charge in [-0.1, -0.05) is 77.0 Å². The topological polar surface area (TPSA) is 0 Å². The molecule has 1 aromatic rings. The predicted molar refractivity (Wildman–Crippen MR) is 111 cm³/mol. The summed E-state index contributed by atoms with van der Waals surface area (Å²) in [5, 5.41) is 0. The van der Waals surface area contributed by atoms with Gasteiger partial charge in [-0.3, -0.25) is 0 Å². The summed E-state index contributed by atoms with van der Waals surface area (Å²) >= 11 is 0. The van der Waals surface area contributed by atoms with Crippen LogP contribution in [-0.2, 0) is 6.42 Å². The van der Waals surface area contributed by atoms with Crippen molar-refractivity contribution < 1.29 is 12.4 Å². The first-order valence-electron chi connectivity index (χ1n) is 9.76. The average Bonchev–Trinajstić information content (AvgIpc) is 2.61. The minimum absolute atomic E-state index is 0. The standard InChI is InChI=1S/C22H38P.ClH/c1-5-9-17-23(18-10-6-2,19-11-7-3)20-16-22-14-12-21(8-4)13-15-22;/h8,12-15H,4-7,9-11,16-20H2,1-3H3;1H/q+1;/p-1. The van der Waals surface area contributed by atoms with Gasteiger partial charge in [-0.25, -0.2) is 0 Å². The van der Waals surface area contributed by atoms with Crippen molar-refractivity contribution in [3.05, 3.63) is 42.0 Å². The second-order valence-electron chi connectivity index (χ2n) is 6.99. The summed E-state index contributed by atoms with van der Waals surface area (Å²) < 4.78 is 0. The molecule has 0 saturated heterocycles. The van der Waals surface area contributed by atoms with Crippen LogP contribution in [0.4, 0.5) is 0 Å². The number of rotatable bonds is 13. The van der Waals surface area contributed by atoms with Crippen molar-refractivity contribution in [1.82, 2.24) is 0 Å². The minimum atomic E-state index is -0.750. The highest BCUT2D eigenvalue weighted by Gasteiger charge is 2.34. The van der Waals surface area contributed by atoms with Crippen LogP contribution in [0.25, 0.3) is 6.08 Å². The van der Waals surface area contributed by atoms with Gasteiger partial charge in [0.05, 0.1) is 24.6 Å². The first-order chi connectivity index (χ1) is 11.2. The molecule has 0 aliphatic carbocycles. The van der Waals surface area contributed by atoms with Crippen LogP contribution in [0.3, 0.4) is 0 Å². The molecular weight excluding hydrogens is 331 g/mol. The second kappa shape index (κ2) is 13.9. The Labute approximate surface area is 158 Å². The summed E-state index contributed by atoms with van der Waals surface area (Å²) in [6.07, 6.45) is 17.7. The molecule has 24 heavy (non-hydrogen) atoms. The zero-order chi connectivity index (χ0) is 17.0. The number of benzene rings is 1. The largest absolute Gasteiger partial charge is 1.00 e. The van der Waals surface area contributed by atoms with Gasteiger partial charge in [0.25, 0.3) is 0 Å². The van der Waals surface area contributed by atoms with Crippen LogP contribution < -0.4 is 12.4 Å². The van der Waals surface area contributed by atoms with E-state index in [0.29, 0.717) is 0 Å². The fourth-order valence-corrected chi connectivity index (χ4v) is 8.37. The van der Waals surface area contributed by atoms with Gasteiger partial charge in [0.1, 0.15) is 0 Å². The van der Waals surface area contributed by atoms with Crippen molar-refractivity contribution in [2.75, 3.05) is 24.6 Å². The summed E-state index contributed by atoms with van der Waals surface area (Å²) in [7, 11) is -0.750. The third kappa shape index (κ3) is 8.68. The Bertz CT molecular complexity index is 402. The lowest BCUT2D eigenvalue weighted by Gasteiger charge is -2.28. The van der Waals surface area contributed by atoms with Crippen LogP contribution >= 0.6 is 7.26 Å². The maximum atomic E-state index is 3.85. The third-order valence-corrected chi connectivity index (χ3v) is 10.0. The van der Waals surface area contributed by atoms with Crippen LogP contribution in [0.1, 0.15) is 70.4 Å². The number of hydrogen-bond donors (Lipinski definition) is 0. The van der Waals surface area contributed by atoms with Gasteiger partial charge in [-0.2, -0.15) is 0 Å². The molecule has 2 heteroatoms. The summed E-state index contributed by atoms with van der Waals surface area (Å²) in [6, 6.07) is 9.05. The molecule has 1 rings (SSSR count). The van der Waals surface area contributed by atoms with Gasteiger partial charge in [-0.05, 0) is 30.4 Å². The Hall–Kier alpha value is -0.320. The number of unbranched alkanes of at least 4 members (excludes halogenated alkanes) is 3. The molecule has 0 aromatic heterocycles. The molecule has 0 amide bonds. The normalized spacial score (nSPS) is 11.1. The smallest absolute Gasteiger partial charge is 0.0634 e. The maximum Gasteiger partial charge on any atom is 0.0634 e. The quantitative estimate of drug-likeness (QED) is 0.455. The van der Waals surface area contributed by atoms with Crippen molar-refractivity contribution in [3.63, 3.8) is 0 Å². The summed E-state index contributed by atoms with van der Waals surface area (Å²) in [4.78, 5) is 0. The van der Waals surface area contributed by atoms with E-state index < -0.39 is 7.26 Å². The van der Waals surface area contributed by atoms with E-state index in [4.69, 9.17) is 0 Å². The average molecular weight is 369 g/mol. The van der Waals surface area contributed by atoms with Crippen molar-refractivity contribution >= 4 is 13.3 Å². The summed E-state index contributed by atoms with van der Waals surface area (Å²) in [5.74, 6) is 0. The van der Waals surface area contributed by atoms with Crippen LogP contribution in [-0.4, -0.2) is 24.6 Å². The lowest BCUT2D eigenvalue weighted by Crippen LogP contribution is -3.00. The molecule has 0 fully saturated rings. The Balaban J connectivity index is 0.00000529. The molecule has 1 aromatic carbocycles. The van der Waals surface area contributed by atoms with Crippen LogP contribution in [0.5, 0.6) is 0 Å². The molecule has 0 N–H and O–H groups in total. The Morgan fingerprint density at radius 3 is 1.62 bits per heavy atom. The van der Waals surface area contributed by atoms with Gasteiger partial charge in [0, 0.05) is 13.7 Å². The lowest BCUT2D eigenvalue weighted by atomic mass is 10.1. The fourth-order valence-electron chi connectivity index (χ4n) is 3.34. The Kier molecular flexibility index (Phi) is 13.7. The van der Waals surface area contributed by atoms with E-state index in [2.05, 4.69) is 51.6 Å². The summed E-state index contributed by atoms with van der Waals surface area (Å²) in [5.41, 5.74) is 2.75. The molecule has 0 unspecified atom stereocenters. The number of halogens is 1. The van der Waals surface area contributed by atoms with Crippen molar-refractivity contribution in [2.24, 2.45) is 0 Å². The van der Waals surface area contributed by atoms with E-state index >= 15 is 0 Å². The minimum Gasteiger partial charge on any atom is -1.00 e. The molecule has 0 nitrogen and oxygen atoms in total. The molecule has 0 saturated carbocycles. The number of aryl methyl sites for hydroxylation is 1. The molecule has 0 spiro atoms. The molecular formula is C22H38ClP. The molecule has 0 radical (unpaired) electrons. The highest BCUT2D eigenvalue weighted by molar-refractivity contribution is 7.75. The van der Waals surface area contributed by atoms with Gasteiger partial charge in [-0.15, -0.1) is 0 Å². The van der Waals surface area contributed by atoms with Crippen molar-refractivity contribution in [2.45, 2.75) is 65.7 Å².